The Labute approximate surface area is 644 Å². The van der Waals surface area contributed by atoms with E-state index in [0.717, 1.165) is 107 Å². The highest BCUT2D eigenvalue weighted by molar-refractivity contribution is 6.62. The minimum atomic E-state index is -0.466. The third-order valence-corrected chi connectivity index (χ3v) is 22.5. The Morgan fingerprint density at radius 3 is 1.05 bits per heavy atom. The van der Waals surface area contributed by atoms with Gasteiger partial charge in [0, 0.05) is 61.9 Å². The standard InChI is InChI=1S/C46H29N3O.C31H27BO3.C21H14ClN3/c1-2-12-31(13-3-1)41-29-42(40-19-10-11-27-47-40)49-45(48-41)32-23-21-30(22-24-32)33-25-26-39-44(28-33)50-43-20-9-8-18-38(43)46(39)36-16-6-4-14-34(36)35-15-5-7-17-37(35)46;1-29(2)30(3,4)35-32(34-29)20-17-18-26-28(19-20)33-27-16-10-9-15-25(27)31(26)23-13-7-5-11-21(23)22-12-6-8-14-24(22)31;22-17-11-9-16(10-12-17)21-24-19(15-6-2-1-3-7-15)14-20(25-21)18-8-4-5-13-23-18/h1-29H;5-19H,1-4H3;1-14H. The van der Waals surface area contributed by atoms with Crippen molar-refractivity contribution in [1.29, 1.82) is 0 Å². The van der Waals surface area contributed by atoms with Crippen LogP contribution in [0.25, 0.3) is 101 Å². The molecule has 0 N–H and O–H groups in total. The molecule has 0 atom stereocenters. The number of fused-ring (bicyclic) bond motifs is 18. The minimum Gasteiger partial charge on any atom is -0.457 e. The summed E-state index contributed by atoms with van der Waals surface area (Å²) in [7, 11) is -0.440. The normalized spacial score (nSPS) is 14.6. The van der Waals surface area contributed by atoms with Gasteiger partial charge in [0.15, 0.2) is 11.6 Å². The Morgan fingerprint density at radius 2 is 0.609 bits per heavy atom. The van der Waals surface area contributed by atoms with Crippen LogP contribution in [-0.2, 0) is 20.1 Å². The lowest BCUT2D eigenvalue weighted by Gasteiger charge is -2.39. The molecule has 4 aromatic heterocycles. The molecular formula is C98H70BClN6O4. The van der Waals surface area contributed by atoms with Gasteiger partial charge in [0.2, 0.25) is 0 Å². The van der Waals surface area contributed by atoms with E-state index >= 15 is 0 Å². The van der Waals surface area contributed by atoms with E-state index in [1.165, 1.54) is 55.6 Å². The number of pyridine rings is 2. The molecule has 2 spiro atoms. The Hall–Kier alpha value is -13.0. The van der Waals surface area contributed by atoms with Crippen molar-refractivity contribution in [3.63, 3.8) is 0 Å². The van der Waals surface area contributed by atoms with Crippen LogP contribution in [-0.4, -0.2) is 48.2 Å². The third-order valence-electron chi connectivity index (χ3n) is 22.3. The van der Waals surface area contributed by atoms with E-state index in [9.17, 15) is 0 Å². The SMILES string of the molecule is CC1(C)OB(c2ccc3c(c2)Oc2ccccc2C32c3ccccc3-c3ccccc32)OC1(C)C.Clc1ccc(-c2nc(-c3ccccc3)cc(-c3ccccn3)n2)cc1.c1ccc(-c2cc(-c3ccccn3)nc(-c3ccc(-c4ccc5c(c4)Oc4ccccc4C54c5ccccc5-c5ccccc54)cc3)n2)cc1. The van der Waals surface area contributed by atoms with E-state index in [-0.39, 0.29) is 0 Å². The van der Waals surface area contributed by atoms with E-state index in [1.54, 1.807) is 12.4 Å². The number of hydrogen-bond acceptors (Lipinski definition) is 10. The molecular weight excluding hydrogens is 1370 g/mol. The molecule has 110 heavy (non-hydrogen) atoms. The monoisotopic (exact) mass is 1440 g/mol. The average Bonchev–Trinajstić information content (AvgIpc) is 1.54. The molecule has 12 heteroatoms. The van der Waals surface area contributed by atoms with Crippen molar-refractivity contribution >= 4 is 24.2 Å². The molecule has 12 aromatic carbocycles. The Kier molecular flexibility index (Phi) is 16.8. The number of ether oxygens (including phenoxy) is 2. The lowest BCUT2D eigenvalue weighted by molar-refractivity contribution is 0.00578. The van der Waals surface area contributed by atoms with Gasteiger partial charge in [-0.2, -0.15) is 0 Å². The van der Waals surface area contributed by atoms with Gasteiger partial charge in [0.1, 0.15) is 23.0 Å². The van der Waals surface area contributed by atoms with Gasteiger partial charge < -0.3 is 18.8 Å². The summed E-state index contributed by atoms with van der Waals surface area (Å²) in [5, 5.41) is 0.688. The zero-order chi connectivity index (χ0) is 74.1. The fraction of sp³-hybridized carbons (Fsp3) is 0.0816. The molecule has 0 radical (unpaired) electrons. The maximum atomic E-state index is 6.73. The number of benzene rings is 12. The van der Waals surface area contributed by atoms with Gasteiger partial charge in [0.25, 0.3) is 0 Å². The zero-order valence-electron chi connectivity index (χ0n) is 60.8. The lowest BCUT2D eigenvalue weighted by Crippen LogP contribution is -2.41. The lowest BCUT2D eigenvalue weighted by atomic mass is 9.65. The molecule has 3 aliphatic heterocycles. The summed E-state index contributed by atoms with van der Waals surface area (Å²) in [6, 6.07) is 117. The van der Waals surface area contributed by atoms with Crippen LogP contribution in [0.2, 0.25) is 5.02 Å². The van der Waals surface area contributed by atoms with Crippen molar-refractivity contribution in [2.75, 3.05) is 0 Å². The first-order valence-corrected chi connectivity index (χ1v) is 37.4. The number of aromatic nitrogens is 6. The van der Waals surface area contributed by atoms with Crippen molar-refractivity contribution < 1.29 is 18.8 Å². The second-order valence-corrected chi connectivity index (χ2v) is 29.5. The quantitative estimate of drug-likeness (QED) is 0.136. The molecule has 0 unspecified atom stereocenters. The van der Waals surface area contributed by atoms with Crippen LogP contribution >= 0.6 is 11.6 Å². The smallest absolute Gasteiger partial charge is 0.457 e. The predicted octanol–water partition coefficient (Wildman–Crippen LogP) is 23.0. The third kappa shape index (κ3) is 11.5. The van der Waals surface area contributed by atoms with Gasteiger partial charge in [-0.05, 0) is 174 Å². The van der Waals surface area contributed by atoms with Gasteiger partial charge in [-0.1, -0.05) is 266 Å². The molecule has 7 heterocycles. The van der Waals surface area contributed by atoms with Crippen LogP contribution in [0, 0.1) is 0 Å². The summed E-state index contributed by atoms with van der Waals surface area (Å²) in [6.07, 6.45) is 3.56. The van der Waals surface area contributed by atoms with Gasteiger partial charge in [-0.3, -0.25) is 9.97 Å². The molecule has 0 saturated carbocycles. The average molecular weight is 1440 g/mol. The fourth-order valence-corrected chi connectivity index (χ4v) is 16.5. The van der Waals surface area contributed by atoms with E-state index in [0.29, 0.717) is 16.7 Å². The second-order valence-electron chi connectivity index (χ2n) is 29.1. The van der Waals surface area contributed by atoms with Crippen LogP contribution in [0.15, 0.2) is 352 Å². The molecule has 5 aliphatic rings. The number of para-hydroxylation sites is 2. The summed E-state index contributed by atoms with van der Waals surface area (Å²) in [5.74, 6) is 4.80. The van der Waals surface area contributed by atoms with Crippen molar-refractivity contribution in [2.45, 2.75) is 49.7 Å². The summed E-state index contributed by atoms with van der Waals surface area (Å²) in [4.78, 5) is 28.4. The highest BCUT2D eigenvalue weighted by atomic mass is 35.5. The van der Waals surface area contributed by atoms with Crippen LogP contribution in [0.3, 0.4) is 0 Å². The van der Waals surface area contributed by atoms with Crippen molar-refractivity contribution in [3.8, 4) is 124 Å². The first-order chi connectivity index (χ1) is 53.9. The van der Waals surface area contributed by atoms with Gasteiger partial charge in [0.05, 0.1) is 56.2 Å². The molecule has 21 rings (SSSR count). The van der Waals surface area contributed by atoms with Crippen molar-refractivity contribution in [1.82, 2.24) is 29.9 Å². The molecule has 1 saturated heterocycles. The molecule has 0 bridgehead atoms. The summed E-state index contributed by atoms with van der Waals surface area (Å²) < 4.78 is 26.0. The predicted molar refractivity (Wildman–Crippen MR) is 440 cm³/mol. The molecule has 2 aliphatic carbocycles. The molecule has 1 fully saturated rings. The first-order valence-electron chi connectivity index (χ1n) is 37.1. The number of halogens is 1. The topological polar surface area (TPSA) is 114 Å². The number of rotatable bonds is 8. The van der Waals surface area contributed by atoms with Crippen molar-refractivity contribution in [2.24, 2.45) is 0 Å². The van der Waals surface area contributed by atoms with Crippen LogP contribution in [0.5, 0.6) is 23.0 Å². The first kappa shape index (κ1) is 67.6. The highest BCUT2D eigenvalue weighted by Gasteiger charge is 2.55. The summed E-state index contributed by atoms with van der Waals surface area (Å²) in [5.41, 5.74) is 25.2. The van der Waals surface area contributed by atoms with Crippen LogP contribution in [0.1, 0.15) is 72.2 Å². The Balaban J connectivity index is 0.000000119. The largest absolute Gasteiger partial charge is 0.494 e. The van der Waals surface area contributed by atoms with Gasteiger partial charge in [-0.25, -0.2) is 19.9 Å². The highest BCUT2D eigenvalue weighted by Crippen LogP contribution is 2.64. The Bertz CT molecular complexity index is 5980. The number of nitrogens with zero attached hydrogens (tertiary/aromatic N) is 6. The van der Waals surface area contributed by atoms with E-state index in [2.05, 4.69) is 250 Å². The van der Waals surface area contributed by atoms with E-state index in [1.807, 2.05) is 127 Å². The van der Waals surface area contributed by atoms with Gasteiger partial charge in [-0.15, -0.1) is 0 Å². The van der Waals surface area contributed by atoms with E-state index in [4.69, 9.17) is 50.3 Å². The summed E-state index contributed by atoms with van der Waals surface area (Å²) in [6.45, 7) is 8.33. The Morgan fingerprint density at radius 1 is 0.264 bits per heavy atom. The zero-order valence-corrected chi connectivity index (χ0v) is 61.5. The maximum absolute atomic E-state index is 6.73. The summed E-state index contributed by atoms with van der Waals surface area (Å²) >= 11 is 6.00. The molecule has 526 valence electrons. The fourth-order valence-electron chi connectivity index (χ4n) is 16.4. The molecule has 10 nitrogen and oxygen atoms in total. The number of hydrogen-bond donors (Lipinski definition) is 0. The molecule has 16 aromatic rings. The minimum absolute atomic E-state index is 0.397. The second kappa shape index (κ2) is 27.3. The van der Waals surface area contributed by atoms with Crippen molar-refractivity contribution in [3.05, 3.63) is 402 Å². The van der Waals surface area contributed by atoms with E-state index < -0.39 is 29.2 Å². The van der Waals surface area contributed by atoms with Gasteiger partial charge >= 0.3 is 7.12 Å². The van der Waals surface area contributed by atoms with Crippen LogP contribution < -0.4 is 14.9 Å². The maximum Gasteiger partial charge on any atom is 0.494 e. The van der Waals surface area contributed by atoms with Crippen LogP contribution in [0.4, 0.5) is 0 Å². The molecule has 0 amide bonds.